The van der Waals surface area contributed by atoms with Crippen LogP contribution in [0.2, 0.25) is 0 Å². The second-order valence-electron chi connectivity index (χ2n) is 7.08. The van der Waals surface area contributed by atoms with E-state index in [1.165, 1.54) is 0 Å². The van der Waals surface area contributed by atoms with Crippen LogP contribution in [0.25, 0.3) is 0 Å². The van der Waals surface area contributed by atoms with E-state index in [0.717, 1.165) is 0 Å². The van der Waals surface area contributed by atoms with Crippen LogP contribution < -0.4 is 27.4 Å². The van der Waals surface area contributed by atoms with E-state index < -0.39 is 66.7 Å². The summed E-state index contributed by atoms with van der Waals surface area (Å²) in [4.78, 5) is 69.0. The van der Waals surface area contributed by atoms with Gasteiger partial charge >= 0.3 is 11.9 Å². The maximum Gasteiger partial charge on any atom is 0.326 e. The van der Waals surface area contributed by atoms with Crippen molar-refractivity contribution in [1.29, 1.82) is 0 Å². The average molecular weight is 431 g/mol. The van der Waals surface area contributed by atoms with Crippen LogP contribution in [-0.2, 0) is 28.8 Å². The van der Waals surface area contributed by atoms with Crippen molar-refractivity contribution in [3.05, 3.63) is 0 Å². The van der Waals surface area contributed by atoms with Gasteiger partial charge in [-0.1, -0.05) is 13.8 Å². The van der Waals surface area contributed by atoms with E-state index in [9.17, 15) is 28.8 Å². The molecule has 13 heteroatoms. The van der Waals surface area contributed by atoms with Crippen LogP contribution in [0.4, 0.5) is 0 Å². The second-order valence-corrected chi connectivity index (χ2v) is 7.08. The lowest BCUT2D eigenvalue weighted by Gasteiger charge is -2.20. The zero-order chi connectivity index (χ0) is 23.4. The van der Waals surface area contributed by atoms with Gasteiger partial charge in [0.15, 0.2) is 0 Å². The normalized spacial score (nSPS) is 13.6. The fraction of sp³-hybridized carbons (Fsp3) is 0.647. The van der Waals surface area contributed by atoms with Gasteiger partial charge in [-0.25, -0.2) is 4.79 Å². The molecule has 0 aliphatic heterocycles. The van der Waals surface area contributed by atoms with E-state index in [2.05, 4.69) is 16.0 Å². The third kappa shape index (κ3) is 11.6. The Morgan fingerprint density at radius 3 is 2.00 bits per heavy atom. The molecule has 0 bridgehead atoms. The first kappa shape index (κ1) is 26.8. The third-order valence-electron chi connectivity index (χ3n) is 3.81. The molecule has 9 N–H and O–H groups in total. The first-order chi connectivity index (χ1) is 13.8. The lowest BCUT2D eigenvalue weighted by Crippen LogP contribution is -2.54. The molecule has 0 aromatic rings. The summed E-state index contributed by atoms with van der Waals surface area (Å²) in [7, 11) is 0. The Bertz CT molecular complexity index is 667. The highest BCUT2D eigenvalue weighted by atomic mass is 16.4. The summed E-state index contributed by atoms with van der Waals surface area (Å²) in [6.07, 6.45) is -0.966. The molecule has 13 nitrogen and oxygen atoms in total. The van der Waals surface area contributed by atoms with Crippen molar-refractivity contribution in [2.45, 2.75) is 57.7 Å². The van der Waals surface area contributed by atoms with Crippen molar-refractivity contribution in [2.24, 2.45) is 17.4 Å². The summed E-state index contributed by atoms with van der Waals surface area (Å²) in [5, 5.41) is 24.5. The van der Waals surface area contributed by atoms with E-state index in [1.807, 2.05) is 0 Å². The SMILES string of the molecule is CC(C)CC(NC(=O)CNC(=O)C(CCC(N)=O)NC(=O)C(N)CC(=O)O)C(=O)O. The summed E-state index contributed by atoms with van der Waals surface area (Å²) < 4.78 is 0. The second kappa shape index (κ2) is 13.1. The minimum absolute atomic E-state index is 0.00407. The summed E-state index contributed by atoms with van der Waals surface area (Å²) in [5.41, 5.74) is 10.5. The number of primary amides is 1. The highest BCUT2D eigenvalue weighted by Gasteiger charge is 2.26. The van der Waals surface area contributed by atoms with Gasteiger partial charge in [0.25, 0.3) is 0 Å². The molecule has 4 amide bonds. The number of carboxylic acid groups (broad SMARTS) is 2. The number of nitrogens with two attached hydrogens (primary N) is 2. The van der Waals surface area contributed by atoms with Crippen molar-refractivity contribution in [1.82, 2.24) is 16.0 Å². The van der Waals surface area contributed by atoms with Gasteiger partial charge in [0.05, 0.1) is 19.0 Å². The topological polar surface area (TPSA) is 231 Å². The van der Waals surface area contributed by atoms with Crippen molar-refractivity contribution < 1.29 is 39.0 Å². The number of carboxylic acids is 2. The zero-order valence-corrected chi connectivity index (χ0v) is 16.8. The number of carbonyl (C=O) groups is 6. The van der Waals surface area contributed by atoms with Crippen molar-refractivity contribution in [3.63, 3.8) is 0 Å². The fourth-order valence-corrected chi connectivity index (χ4v) is 2.34. The predicted octanol–water partition coefficient (Wildman–Crippen LogP) is -2.73. The molecule has 0 aromatic heterocycles. The summed E-state index contributed by atoms with van der Waals surface area (Å²) in [6.45, 7) is 2.99. The number of hydrogen-bond donors (Lipinski definition) is 7. The van der Waals surface area contributed by atoms with Gasteiger partial charge in [-0.15, -0.1) is 0 Å². The van der Waals surface area contributed by atoms with Crippen LogP contribution >= 0.6 is 0 Å². The molecule has 0 spiro atoms. The molecule has 0 heterocycles. The molecule has 0 aliphatic carbocycles. The van der Waals surface area contributed by atoms with Gasteiger partial charge in [-0.2, -0.15) is 0 Å². The van der Waals surface area contributed by atoms with Gasteiger partial charge in [0.1, 0.15) is 12.1 Å². The smallest absolute Gasteiger partial charge is 0.326 e. The van der Waals surface area contributed by atoms with Crippen molar-refractivity contribution in [2.75, 3.05) is 6.54 Å². The molecule has 170 valence electrons. The lowest BCUT2D eigenvalue weighted by atomic mass is 10.0. The Kier molecular flexibility index (Phi) is 11.7. The minimum Gasteiger partial charge on any atom is -0.481 e. The first-order valence-electron chi connectivity index (χ1n) is 9.19. The maximum absolute atomic E-state index is 12.3. The van der Waals surface area contributed by atoms with Gasteiger partial charge in [0.2, 0.25) is 23.6 Å². The number of aliphatic carboxylic acids is 2. The largest absolute Gasteiger partial charge is 0.481 e. The molecule has 0 fully saturated rings. The van der Waals surface area contributed by atoms with Crippen molar-refractivity contribution in [3.8, 4) is 0 Å². The molecule has 0 saturated heterocycles. The Morgan fingerprint density at radius 1 is 0.933 bits per heavy atom. The first-order valence-corrected chi connectivity index (χ1v) is 9.19. The molecular formula is C17H29N5O8. The van der Waals surface area contributed by atoms with Gasteiger partial charge in [-0.05, 0) is 18.8 Å². The third-order valence-corrected chi connectivity index (χ3v) is 3.81. The Balaban J connectivity index is 4.92. The van der Waals surface area contributed by atoms with Crippen LogP contribution in [0.1, 0.15) is 39.5 Å². The maximum atomic E-state index is 12.3. The predicted molar refractivity (Wildman–Crippen MR) is 103 cm³/mol. The van der Waals surface area contributed by atoms with Crippen LogP contribution in [-0.4, -0.2) is 70.5 Å². The quantitative estimate of drug-likeness (QED) is 0.151. The Hall–Kier alpha value is -3.22. The van der Waals surface area contributed by atoms with E-state index in [1.54, 1.807) is 13.8 Å². The summed E-state index contributed by atoms with van der Waals surface area (Å²) >= 11 is 0. The molecule has 3 unspecified atom stereocenters. The Morgan fingerprint density at radius 2 is 1.53 bits per heavy atom. The molecular weight excluding hydrogens is 402 g/mol. The van der Waals surface area contributed by atoms with Crippen LogP contribution in [0.5, 0.6) is 0 Å². The van der Waals surface area contributed by atoms with Crippen molar-refractivity contribution >= 4 is 35.6 Å². The van der Waals surface area contributed by atoms with E-state index in [0.29, 0.717) is 0 Å². The van der Waals surface area contributed by atoms with Gasteiger partial charge in [-0.3, -0.25) is 24.0 Å². The van der Waals surface area contributed by atoms with Crippen LogP contribution in [0.15, 0.2) is 0 Å². The van der Waals surface area contributed by atoms with E-state index in [4.69, 9.17) is 21.7 Å². The number of rotatable bonds is 14. The molecule has 0 aromatic carbocycles. The van der Waals surface area contributed by atoms with Crippen LogP contribution in [0, 0.1) is 5.92 Å². The monoisotopic (exact) mass is 431 g/mol. The molecule has 0 radical (unpaired) electrons. The summed E-state index contributed by atoms with van der Waals surface area (Å²) in [6, 6.07) is -3.86. The van der Waals surface area contributed by atoms with Crippen LogP contribution in [0.3, 0.4) is 0 Å². The Labute approximate surface area is 172 Å². The lowest BCUT2D eigenvalue weighted by molar-refractivity contribution is -0.142. The number of hydrogen-bond acceptors (Lipinski definition) is 7. The average Bonchev–Trinajstić information content (AvgIpc) is 2.61. The highest BCUT2D eigenvalue weighted by molar-refractivity contribution is 5.93. The minimum atomic E-state index is -1.43. The van der Waals surface area contributed by atoms with Gasteiger partial charge < -0.3 is 37.6 Å². The highest BCUT2D eigenvalue weighted by Crippen LogP contribution is 2.05. The van der Waals surface area contributed by atoms with Gasteiger partial charge in [0, 0.05) is 6.42 Å². The van der Waals surface area contributed by atoms with E-state index in [-0.39, 0.29) is 25.2 Å². The van der Waals surface area contributed by atoms with E-state index >= 15 is 0 Å². The fourth-order valence-electron chi connectivity index (χ4n) is 2.34. The standard InChI is InChI=1S/C17H29N5O8/c1-8(2)5-11(17(29)30)21-13(24)7-20-16(28)10(3-4-12(19)23)22-15(27)9(18)6-14(25)26/h8-11H,3-7,18H2,1-2H3,(H2,19,23)(H,20,28)(H,21,24)(H,22,27)(H,25,26)(H,29,30). The number of carbonyl (C=O) groups excluding carboxylic acids is 4. The molecule has 30 heavy (non-hydrogen) atoms. The molecule has 0 rings (SSSR count). The zero-order valence-electron chi connectivity index (χ0n) is 16.8. The molecule has 0 saturated carbocycles. The number of amides is 4. The molecule has 0 aliphatic rings. The number of nitrogens with one attached hydrogen (secondary N) is 3. The summed E-state index contributed by atoms with van der Waals surface area (Å²) in [5.74, 6) is -5.83. The molecule has 3 atom stereocenters.